The molecule has 0 saturated carbocycles. The second-order valence-corrected chi connectivity index (χ2v) is 5.71. The molecule has 0 saturated heterocycles. The van der Waals surface area contributed by atoms with E-state index in [-0.39, 0.29) is 6.04 Å². The highest BCUT2D eigenvalue weighted by molar-refractivity contribution is 9.10. The molecular formula is C16H16BrN3O. The van der Waals surface area contributed by atoms with Crippen molar-refractivity contribution in [3.05, 3.63) is 57.8 Å². The van der Waals surface area contributed by atoms with Crippen molar-refractivity contribution in [1.29, 1.82) is 5.26 Å². The van der Waals surface area contributed by atoms with Crippen LogP contribution in [0.3, 0.4) is 0 Å². The first-order valence-corrected chi connectivity index (χ1v) is 7.40. The lowest BCUT2D eigenvalue weighted by Gasteiger charge is -2.15. The molecule has 2 aromatic rings. The predicted molar refractivity (Wildman–Crippen MR) is 84.8 cm³/mol. The van der Waals surface area contributed by atoms with Crippen LogP contribution in [-0.4, -0.2) is 11.0 Å². The van der Waals surface area contributed by atoms with Crippen LogP contribution in [0.5, 0.6) is 5.75 Å². The van der Waals surface area contributed by atoms with Crippen LogP contribution in [0.4, 0.5) is 0 Å². The lowest BCUT2D eigenvalue weighted by molar-refractivity contribution is 0.300. The Kier molecular flexibility index (Phi) is 5.32. The second kappa shape index (κ2) is 7.21. The van der Waals surface area contributed by atoms with E-state index in [0.717, 1.165) is 27.8 Å². The molecule has 5 heteroatoms. The van der Waals surface area contributed by atoms with E-state index in [1.165, 1.54) is 0 Å². The van der Waals surface area contributed by atoms with Crippen molar-refractivity contribution in [2.24, 2.45) is 5.73 Å². The minimum absolute atomic E-state index is 0.0627. The van der Waals surface area contributed by atoms with Gasteiger partial charge < -0.3 is 10.5 Å². The SMILES string of the molecule is CC(N)Cc1cccc(Br)c1OCc1ccnc(C#N)c1. The Morgan fingerprint density at radius 1 is 1.43 bits per heavy atom. The number of hydrogen-bond acceptors (Lipinski definition) is 4. The van der Waals surface area contributed by atoms with Crippen LogP contribution < -0.4 is 10.5 Å². The van der Waals surface area contributed by atoms with Crippen molar-refractivity contribution in [1.82, 2.24) is 4.98 Å². The van der Waals surface area contributed by atoms with Gasteiger partial charge in [-0.2, -0.15) is 5.26 Å². The van der Waals surface area contributed by atoms with E-state index >= 15 is 0 Å². The number of nitrogens with two attached hydrogens (primary N) is 1. The highest BCUT2D eigenvalue weighted by Gasteiger charge is 2.10. The van der Waals surface area contributed by atoms with E-state index in [2.05, 4.69) is 20.9 Å². The number of para-hydroxylation sites is 1. The summed E-state index contributed by atoms with van der Waals surface area (Å²) in [6.07, 6.45) is 2.36. The fourth-order valence-electron chi connectivity index (χ4n) is 2.00. The standard InChI is InChI=1S/C16H16BrN3O/c1-11(19)7-13-3-2-4-15(17)16(13)21-10-12-5-6-20-14(8-12)9-18/h2-6,8,11H,7,10,19H2,1H3. The summed E-state index contributed by atoms with van der Waals surface area (Å²) in [6.45, 7) is 2.35. The second-order valence-electron chi connectivity index (χ2n) is 4.86. The minimum Gasteiger partial charge on any atom is -0.487 e. The average Bonchev–Trinajstić information content (AvgIpc) is 2.46. The van der Waals surface area contributed by atoms with Crippen LogP contribution in [0.25, 0.3) is 0 Å². The molecule has 2 rings (SSSR count). The Labute approximate surface area is 132 Å². The third-order valence-electron chi connectivity index (χ3n) is 2.91. The molecular weight excluding hydrogens is 330 g/mol. The molecule has 0 radical (unpaired) electrons. The first kappa shape index (κ1) is 15.5. The summed E-state index contributed by atoms with van der Waals surface area (Å²) in [6, 6.07) is 11.6. The first-order valence-electron chi connectivity index (χ1n) is 6.61. The van der Waals surface area contributed by atoms with Gasteiger partial charge >= 0.3 is 0 Å². The van der Waals surface area contributed by atoms with E-state index in [4.69, 9.17) is 15.7 Å². The van der Waals surface area contributed by atoms with Crippen molar-refractivity contribution in [3.63, 3.8) is 0 Å². The molecule has 0 amide bonds. The van der Waals surface area contributed by atoms with Crippen molar-refractivity contribution < 1.29 is 4.74 Å². The van der Waals surface area contributed by atoms with Crippen LogP contribution in [0.2, 0.25) is 0 Å². The minimum atomic E-state index is 0.0627. The van der Waals surface area contributed by atoms with Crippen LogP contribution >= 0.6 is 15.9 Å². The molecule has 1 atom stereocenters. The van der Waals surface area contributed by atoms with Crippen molar-refractivity contribution in [2.75, 3.05) is 0 Å². The molecule has 0 aliphatic heterocycles. The zero-order valence-electron chi connectivity index (χ0n) is 11.7. The number of rotatable bonds is 5. The normalized spacial score (nSPS) is 11.7. The van der Waals surface area contributed by atoms with E-state index in [1.54, 1.807) is 12.3 Å². The molecule has 0 spiro atoms. The fraction of sp³-hybridized carbons (Fsp3) is 0.250. The highest BCUT2D eigenvalue weighted by Crippen LogP contribution is 2.30. The Hall–Kier alpha value is -1.90. The number of pyridine rings is 1. The molecule has 2 N–H and O–H groups in total. The average molecular weight is 346 g/mol. The summed E-state index contributed by atoms with van der Waals surface area (Å²) in [5.74, 6) is 0.796. The Morgan fingerprint density at radius 2 is 2.24 bits per heavy atom. The Bertz CT molecular complexity index is 665. The monoisotopic (exact) mass is 345 g/mol. The van der Waals surface area contributed by atoms with E-state index in [9.17, 15) is 0 Å². The van der Waals surface area contributed by atoms with Gasteiger partial charge in [-0.3, -0.25) is 0 Å². The summed E-state index contributed by atoms with van der Waals surface area (Å²) < 4.78 is 6.81. The molecule has 1 heterocycles. The molecule has 21 heavy (non-hydrogen) atoms. The predicted octanol–water partition coefficient (Wildman–Crippen LogP) is 3.18. The van der Waals surface area contributed by atoms with Crippen molar-refractivity contribution >= 4 is 15.9 Å². The maximum Gasteiger partial charge on any atom is 0.140 e. The quantitative estimate of drug-likeness (QED) is 0.903. The van der Waals surface area contributed by atoms with Crippen molar-refractivity contribution in [3.8, 4) is 11.8 Å². The van der Waals surface area contributed by atoms with Gasteiger partial charge in [-0.25, -0.2) is 4.98 Å². The van der Waals surface area contributed by atoms with Gasteiger partial charge in [-0.05, 0) is 58.6 Å². The number of nitrogens with zero attached hydrogens (tertiary/aromatic N) is 2. The molecule has 0 aliphatic rings. The van der Waals surface area contributed by atoms with Crippen LogP contribution in [-0.2, 0) is 13.0 Å². The van der Waals surface area contributed by atoms with E-state index in [1.807, 2.05) is 37.3 Å². The number of ether oxygens (including phenoxy) is 1. The van der Waals surface area contributed by atoms with Gasteiger partial charge in [-0.1, -0.05) is 12.1 Å². The third kappa shape index (κ3) is 4.28. The molecule has 1 unspecified atom stereocenters. The highest BCUT2D eigenvalue weighted by atomic mass is 79.9. The summed E-state index contributed by atoms with van der Waals surface area (Å²) >= 11 is 3.51. The fourth-order valence-corrected chi connectivity index (χ4v) is 2.53. The lowest BCUT2D eigenvalue weighted by atomic mass is 10.1. The molecule has 0 bridgehead atoms. The number of aromatic nitrogens is 1. The zero-order valence-corrected chi connectivity index (χ0v) is 13.3. The molecule has 108 valence electrons. The van der Waals surface area contributed by atoms with Gasteiger partial charge in [0.2, 0.25) is 0 Å². The Morgan fingerprint density at radius 3 is 2.95 bits per heavy atom. The maximum absolute atomic E-state index is 8.86. The summed E-state index contributed by atoms with van der Waals surface area (Å²) in [5.41, 5.74) is 8.23. The van der Waals surface area contributed by atoms with Gasteiger partial charge in [0.1, 0.15) is 24.1 Å². The van der Waals surface area contributed by atoms with Gasteiger partial charge in [0.05, 0.1) is 4.47 Å². The van der Waals surface area contributed by atoms with Gasteiger partial charge in [0.25, 0.3) is 0 Å². The number of benzene rings is 1. The van der Waals surface area contributed by atoms with Crippen LogP contribution in [0, 0.1) is 11.3 Å². The van der Waals surface area contributed by atoms with E-state index < -0.39 is 0 Å². The van der Waals surface area contributed by atoms with Gasteiger partial charge in [0, 0.05) is 12.2 Å². The summed E-state index contributed by atoms with van der Waals surface area (Å²) in [7, 11) is 0. The van der Waals surface area contributed by atoms with Crippen LogP contribution in [0.15, 0.2) is 41.0 Å². The third-order valence-corrected chi connectivity index (χ3v) is 3.54. The topological polar surface area (TPSA) is 71.9 Å². The largest absolute Gasteiger partial charge is 0.487 e. The molecule has 4 nitrogen and oxygen atoms in total. The molecule has 1 aromatic heterocycles. The molecule has 0 fully saturated rings. The van der Waals surface area contributed by atoms with Gasteiger partial charge in [0.15, 0.2) is 0 Å². The zero-order chi connectivity index (χ0) is 15.2. The number of nitriles is 1. The maximum atomic E-state index is 8.86. The van der Waals surface area contributed by atoms with Crippen molar-refractivity contribution in [2.45, 2.75) is 26.0 Å². The van der Waals surface area contributed by atoms with E-state index in [0.29, 0.717) is 12.3 Å². The van der Waals surface area contributed by atoms with Crippen LogP contribution in [0.1, 0.15) is 23.7 Å². The molecule has 0 aliphatic carbocycles. The number of hydrogen-bond donors (Lipinski definition) is 1. The summed E-state index contributed by atoms with van der Waals surface area (Å²) in [4.78, 5) is 3.94. The summed E-state index contributed by atoms with van der Waals surface area (Å²) in [5, 5.41) is 8.86. The molecule has 1 aromatic carbocycles. The Balaban J connectivity index is 2.17. The first-order chi connectivity index (χ1) is 10.1. The number of halogens is 1. The van der Waals surface area contributed by atoms with Gasteiger partial charge in [-0.15, -0.1) is 0 Å². The smallest absolute Gasteiger partial charge is 0.140 e. The lowest BCUT2D eigenvalue weighted by Crippen LogP contribution is -2.18.